The summed E-state index contributed by atoms with van der Waals surface area (Å²) in [6.07, 6.45) is 0. The highest BCUT2D eigenvalue weighted by atomic mass is 16.4. The number of carboxylic acids is 1. The van der Waals surface area contributed by atoms with Crippen LogP contribution in [0.3, 0.4) is 0 Å². The molecule has 6 heteroatoms. The van der Waals surface area contributed by atoms with Crippen molar-refractivity contribution in [2.75, 3.05) is 5.32 Å². The quantitative estimate of drug-likeness (QED) is 0.585. The highest BCUT2D eigenvalue weighted by Crippen LogP contribution is 2.28. The maximum Gasteiger partial charge on any atom is 0.335 e. The molecule has 0 spiro atoms. The number of nitrogens with zero attached hydrogens (tertiary/aromatic N) is 3. The van der Waals surface area contributed by atoms with Gasteiger partial charge in [0.1, 0.15) is 11.9 Å². The monoisotopic (exact) mass is 342 g/mol. The first-order valence-electron chi connectivity index (χ1n) is 8.00. The van der Waals surface area contributed by atoms with Gasteiger partial charge in [0.15, 0.2) is 5.65 Å². The highest BCUT2D eigenvalue weighted by Gasteiger charge is 2.15. The molecule has 0 bridgehead atoms. The molecule has 2 aromatic heterocycles. The Labute approximate surface area is 149 Å². The molecule has 0 amide bonds. The molecular formula is C20H14N4O2. The minimum Gasteiger partial charge on any atom is -0.478 e. The van der Waals surface area contributed by atoms with Gasteiger partial charge in [0.2, 0.25) is 0 Å². The van der Waals surface area contributed by atoms with Gasteiger partial charge < -0.3 is 10.4 Å². The maximum absolute atomic E-state index is 11.2. The van der Waals surface area contributed by atoms with Crippen molar-refractivity contribution in [3.8, 4) is 6.07 Å². The van der Waals surface area contributed by atoms with Crippen molar-refractivity contribution in [3.63, 3.8) is 0 Å². The number of nitrogens with one attached hydrogen (secondary N) is 1. The number of hydrogen-bond donors (Lipinski definition) is 2. The van der Waals surface area contributed by atoms with Crippen molar-refractivity contribution >= 4 is 34.2 Å². The summed E-state index contributed by atoms with van der Waals surface area (Å²) in [5.74, 6) is -0.268. The van der Waals surface area contributed by atoms with Crippen molar-refractivity contribution in [3.05, 3.63) is 71.3 Å². The summed E-state index contributed by atoms with van der Waals surface area (Å²) >= 11 is 0. The third-order valence-corrected chi connectivity index (χ3v) is 4.27. The number of aryl methyl sites for hydroxylation is 1. The summed E-state index contributed by atoms with van der Waals surface area (Å²) in [5.41, 5.74) is 4.40. The number of hydrogen-bond acceptors (Lipinski definition) is 4. The van der Waals surface area contributed by atoms with Gasteiger partial charge in [0, 0.05) is 5.69 Å². The number of anilines is 2. The molecule has 0 aliphatic heterocycles. The second-order valence-electron chi connectivity index (χ2n) is 5.97. The van der Waals surface area contributed by atoms with Crippen molar-refractivity contribution < 1.29 is 9.90 Å². The van der Waals surface area contributed by atoms with E-state index in [1.54, 1.807) is 24.3 Å². The van der Waals surface area contributed by atoms with Crippen LogP contribution in [-0.4, -0.2) is 20.5 Å². The van der Waals surface area contributed by atoms with E-state index in [-0.39, 0.29) is 5.56 Å². The molecule has 4 rings (SSSR count). The van der Waals surface area contributed by atoms with Crippen molar-refractivity contribution in [2.45, 2.75) is 6.92 Å². The molecule has 4 aromatic rings. The summed E-state index contributed by atoms with van der Waals surface area (Å²) in [7, 11) is 0. The predicted molar refractivity (Wildman–Crippen MR) is 98.8 cm³/mol. The molecule has 0 saturated carbocycles. The third kappa shape index (κ3) is 2.43. The molecule has 0 aliphatic rings. The van der Waals surface area contributed by atoms with Crippen LogP contribution in [0, 0.1) is 18.3 Å². The van der Waals surface area contributed by atoms with E-state index in [2.05, 4.69) is 16.4 Å². The Kier molecular flexibility index (Phi) is 3.55. The van der Waals surface area contributed by atoms with Crippen molar-refractivity contribution in [2.24, 2.45) is 0 Å². The third-order valence-electron chi connectivity index (χ3n) is 4.27. The van der Waals surface area contributed by atoms with Gasteiger partial charge in [0.25, 0.3) is 0 Å². The molecule has 0 radical (unpaired) electrons. The Hall–Kier alpha value is -3.85. The average Bonchev–Trinajstić information content (AvgIpc) is 3.01. The van der Waals surface area contributed by atoms with E-state index < -0.39 is 5.97 Å². The zero-order valence-corrected chi connectivity index (χ0v) is 13.9. The second-order valence-corrected chi connectivity index (χ2v) is 5.97. The largest absolute Gasteiger partial charge is 0.478 e. The van der Waals surface area contributed by atoms with Gasteiger partial charge in [0.05, 0.1) is 22.2 Å². The minimum atomic E-state index is -0.983. The lowest BCUT2D eigenvalue weighted by Gasteiger charge is -2.13. The normalized spacial score (nSPS) is 10.8. The fourth-order valence-corrected chi connectivity index (χ4v) is 3.06. The molecule has 0 saturated heterocycles. The van der Waals surface area contributed by atoms with Gasteiger partial charge >= 0.3 is 5.97 Å². The zero-order chi connectivity index (χ0) is 18.3. The van der Waals surface area contributed by atoms with Gasteiger partial charge in [-0.3, -0.25) is 4.40 Å². The summed E-state index contributed by atoms with van der Waals surface area (Å²) in [5, 5.41) is 22.0. The Morgan fingerprint density at radius 2 is 2.00 bits per heavy atom. The molecule has 2 aromatic carbocycles. The van der Waals surface area contributed by atoms with E-state index in [0.29, 0.717) is 22.7 Å². The van der Waals surface area contributed by atoms with Crippen LogP contribution in [0.15, 0.2) is 54.6 Å². The lowest BCUT2D eigenvalue weighted by molar-refractivity contribution is 0.0697. The van der Waals surface area contributed by atoms with E-state index in [9.17, 15) is 15.2 Å². The first-order valence-corrected chi connectivity index (χ1v) is 8.00. The van der Waals surface area contributed by atoms with Gasteiger partial charge in [-0.2, -0.15) is 5.26 Å². The summed E-state index contributed by atoms with van der Waals surface area (Å²) in [4.78, 5) is 15.8. The molecule has 2 N–H and O–H groups in total. The first kappa shape index (κ1) is 15.7. The number of aromatic nitrogens is 2. The van der Waals surface area contributed by atoms with Crippen molar-refractivity contribution in [1.29, 1.82) is 5.26 Å². The fourth-order valence-electron chi connectivity index (χ4n) is 3.06. The minimum absolute atomic E-state index is 0.201. The number of benzene rings is 2. The van der Waals surface area contributed by atoms with Crippen LogP contribution < -0.4 is 5.32 Å². The number of aromatic carboxylic acids is 1. The van der Waals surface area contributed by atoms with E-state index in [1.807, 2.05) is 41.7 Å². The number of carbonyl (C=O) groups is 1. The smallest absolute Gasteiger partial charge is 0.335 e. The zero-order valence-electron chi connectivity index (χ0n) is 13.9. The van der Waals surface area contributed by atoms with Crippen molar-refractivity contribution in [1.82, 2.24) is 9.38 Å². The van der Waals surface area contributed by atoms with Gasteiger partial charge in [-0.15, -0.1) is 0 Å². The van der Waals surface area contributed by atoms with Gasteiger partial charge in [-0.05, 0) is 48.9 Å². The van der Waals surface area contributed by atoms with Crippen LogP contribution in [0.5, 0.6) is 0 Å². The number of nitriles is 1. The molecule has 6 nitrogen and oxygen atoms in total. The molecule has 0 fully saturated rings. The molecule has 0 atom stereocenters. The number of rotatable bonds is 3. The lowest BCUT2D eigenvalue weighted by atomic mass is 10.1. The highest BCUT2D eigenvalue weighted by molar-refractivity contribution is 5.89. The van der Waals surface area contributed by atoms with Crippen LogP contribution in [0.2, 0.25) is 0 Å². The molecule has 0 unspecified atom stereocenters. The fraction of sp³-hybridized carbons (Fsp3) is 0.0500. The second kappa shape index (κ2) is 5.90. The van der Waals surface area contributed by atoms with E-state index >= 15 is 0 Å². The summed E-state index contributed by atoms with van der Waals surface area (Å²) < 4.78 is 1.88. The SMILES string of the molecule is Cc1cc(Nc2cccc(C(=O)O)c2)n2c(nc3ccccc32)c1C#N. The van der Waals surface area contributed by atoms with Crippen LogP contribution in [0.4, 0.5) is 11.5 Å². The molecule has 126 valence electrons. The number of para-hydroxylation sites is 2. The molecule has 26 heavy (non-hydrogen) atoms. The number of carboxylic acid groups (broad SMARTS) is 1. The summed E-state index contributed by atoms with van der Waals surface area (Å²) in [6.45, 7) is 1.86. The van der Waals surface area contributed by atoms with Gasteiger partial charge in [-0.25, -0.2) is 9.78 Å². The Bertz CT molecular complexity index is 1220. The first-order chi connectivity index (χ1) is 12.6. The molecular weight excluding hydrogens is 328 g/mol. The molecule has 2 heterocycles. The van der Waals surface area contributed by atoms with Crippen LogP contribution in [0.1, 0.15) is 21.5 Å². The van der Waals surface area contributed by atoms with E-state index in [0.717, 1.165) is 16.6 Å². The van der Waals surface area contributed by atoms with E-state index in [4.69, 9.17) is 0 Å². The van der Waals surface area contributed by atoms with Crippen LogP contribution >= 0.6 is 0 Å². The van der Waals surface area contributed by atoms with E-state index in [1.165, 1.54) is 0 Å². The molecule has 0 aliphatic carbocycles. The Balaban J connectivity index is 1.97. The maximum atomic E-state index is 11.2. The predicted octanol–water partition coefficient (Wildman–Crippen LogP) is 4.11. The number of imidazole rings is 1. The van der Waals surface area contributed by atoms with Gasteiger partial charge in [-0.1, -0.05) is 18.2 Å². The lowest BCUT2D eigenvalue weighted by Crippen LogP contribution is -2.03. The summed E-state index contributed by atoms with van der Waals surface area (Å²) in [6, 6.07) is 18.3. The van der Waals surface area contributed by atoms with Crippen LogP contribution in [0.25, 0.3) is 16.7 Å². The van der Waals surface area contributed by atoms with Crippen LogP contribution in [-0.2, 0) is 0 Å². The standard InChI is InChI=1S/C20H14N4O2/c1-12-9-18(22-14-6-4-5-13(10-14)20(25)26)24-17-8-3-2-7-16(17)23-19(24)15(12)11-21/h2-10,22H,1H3,(H,25,26). The number of fused-ring (bicyclic) bond motifs is 3. The average molecular weight is 342 g/mol. The Morgan fingerprint density at radius 3 is 2.77 bits per heavy atom. The number of pyridine rings is 1. The Morgan fingerprint density at radius 1 is 1.19 bits per heavy atom. The topological polar surface area (TPSA) is 90.4 Å².